The third kappa shape index (κ3) is 3.37. The fourth-order valence-electron chi connectivity index (χ4n) is 1.63. The van der Waals surface area contributed by atoms with Crippen molar-refractivity contribution in [2.24, 2.45) is 5.73 Å². The number of hydrogen-bond acceptors (Lipinski definition) is 4. The van der Waals surface area contributed by atoms with Gasteiger partial charge in [-0.05, 0) is 31.5 Å². The van der Waals surface area contributed by atoms with Gasteiger partial charge in [-0.15, -0.1) is 0 Å². The maximum Gasteiger partial charge on any atom is 0.256 e. The number of rotatable bonds is 4. The number of oxazole rings is 1. The predicted octanol–water partition coefficient (Wildman–Crippen LogP) is 3.93. The molecule has 2 rings (SSSR count). The highest BCUT2D eigenvalue weighted by Crippen LogP contribution is 2.36. The van der Waals surface area contributed by atoms with Crippen molar-refractivity contribution < 1.29 is 4.42 Å². The Labute approximate surface area is 119 Å². The summed E-state index contributed by atoms with van der Waals surface area (Å²) in [6.07, 6.45) is 1.65. The third-order valence-corrected chi connectivity index (χ3v) is 4.38. The molecule has 1 aromatic carbocycles. The van der Waals surface area contributed by atoms with Gasteiger partial charge in [0.15, 0.2) is 0 Å². The van der Waals surface area contributed by atoms with Gasteiger partial charge in [0.25, 0.3) is 5.22 Å². The van der Waals surface area contributed by atoms with Crippen molar-refractivity contribution in [3.05, 3.63) is 46.3 Å². The number of halogens is 1. The molecular weight excluding hydrogens is 312 g/mol. The molecule has 18 heavy (non-hydrogen) atoms. The Bertz CT molecular complexity index is 510. The van der Waals surface area contributed by atoms with E-state index in [1.807, 2.05) is 26.0 Å². The predicted molar refractivity (Wildman–Crippen MR) is 77.6 cm³/mol. The number of nitrogens with zero attached hydrogens (tertiary/aromatic N) is 1. The molecule has 0 aliphatic heterocycles. The number of benzene rings is 1. The standard InChI is InChI=1S/C13H15BrN2OS/c1-8-7-17-13(16-8)18-12(9(2)15)10-3-5-11(14)6-4-10/h3-7,9,12H,15H2,1-2H3. The highest BCUT2D eigenvalue weighted by Gasteiger charge is 2.20. The Morgan fingerprint density at radius 1 is 1.33 bits per heavy atom. The van der Waals surface area contributed by atoms with E-state index < -0.39 is 0 Å². The van der Waals surface area contributed by atoms with Gasteiger partial charge in [-0.1, -0.05) is 39.8 Å². The van der Waals surface area contributed by atoms with Crippen molar-refractivity contribution >= 4 is 27.7 Å². The zero-order valence-electron chi connectivity index (χ0n) is 10.3. The van der Waals surface area contributed by atoms with Gasteiger partial charge in [-0.2, -0.15) is 0 Å². The minimum Gasteiger partial charge on any atom is -0.440 e. The van der Waals surface area contributed by atoms with Crippen LogP contribution in [0.4, 0.5) is 0 Å². The molecule has 0 radical (unpaired) electrons. The SMILES string of the molecule is Cc1coc(SC(c2ccc(Br)cc2)C(C)N)n1. The smallest absolute Gasteiger partial charge is 0.256 e. The first kappa shape index (κ1) is 13.6. The van der Waals surface area contributed by atoms with Crippen molar-refractivity contribution in [3.63, 3.8) is 0 Å². The number of aryl methyl sites for hydroxylation is 1. The van der Waals surface area contributed by atoms with Gasteiger partial charge in [0, 0.05) is 10.5 Å². The van der Waals surface area contributed by atoms with Crippen LogP contribution in [0, 0.1) is 6.92 Å². The lowest BCUT2D eigenvalue weighted by Crippen LogP contribution is -2.22. The molecule has 1 aromatic heterocycles. The van der Waals surface area contributed by atoms with E-state index in [0.29, 0.717) is 5.22 Å². The Morgan fingerprint density at radius 3 is 2.50 bits per heavy atom. The van der Waals surface area contributed by atoms with Crippen molar-refractivity contribution in [1.82, 2.24) is 4.98 Å². The third-order valence-electron chi connectivity index (χ3n) is 2.50. The lowest BCUT2D eigenvalue weighted by atomic mass is 10.1. The average Bonchev–Trinajstić information content (AvgIpc) is 2.73. The molecule has 2 atom stereocenters. The van der Waals surface area contributed by atoms with Gasteiger partial charge >= 0.3 is 0 Å². The van der Waals surface area contributed by atoms with Crippen LogP contribution in [0.2, 0.25) is 0 Å². The zero-order valence-corrected chi connectivity index (χ0v) is 12.7. The lowest BCUT2D eigenvalue weighted by molar-refractivity contribution is 0.452. The topological polar surface area (TPSA) is 52.0 Å². The molecule has 5 heteroatoms. The number of thioether (sulfide) groups is 1. The minimum absolute atomic E-state index is 0.0170. The molecule has 2 unspecified atom stereocenters. The summed E-state index contributed by atoms with van der Waals surface area (Å²) in [6, 6.07) is 8.20. The summed E-state index contributed by atoms with van der Waals surface area (Å²) in [5.74, 6) is 0. The van der Waals surface area contributed by atoms with Crippen LogP contribution in [0.15, 0.2) is 44.6 Å². The van der Waals surface area contributed by atoms with Gasteiger partial charge in [-0.3, -0.25) is 0 Å². The van der Waals surface area contributed by atoms with Gasteiger partial charge < -0.3 is 10.2 Å². The number of aromatic nitrogens is 1. The highest BCUT2D eigenvalue weighted by atomic mass is 79.9. The number of nitrogens with two attached hydrogens (primary N) is 1. The van der Waals surface area contributed by atoms with E-state index in [1.165, 1.54) is 5.56 Å². The van der Waals surface area contributed by atoms with Gasteiger partial charge in [0.05, 0.1) is 10.9 Å². The van der Waals surface area contributed by atoms with E-state index in [2.05, 4.69) is 33.0 Å². The van der Waals surface area contributed by atoms with Crippen LogP contribution in [-0.2, 0) is 0 Å². The van der Waals surface area contributed by atoms with E-state index in [1.54, 1.807) is 18.0 Å². The van der Waals surface area contributed by atoms with E-state index in [4.69, 9.17) is 10.2 Å². The van der Waals surface area contributed by atoms with E-state index in [9.17, 15) is 0 Å². The molecule has 0 saturated heterocycles. The Kier molecular flexibility index (Phi) is 4.48. The van der Waals surface area contributed by atoms with Crippen molar-refractivity contribution in [2.45, 2.75) is 30.4 Å². The van der Waals surface area contributed by atoms with Gasteiger partial charge in [-0.25, -0.2) is 4.98 Å². The molecule has 2 aromatic rings. The summed E-state index contributed by atoms with van der Waals surface area (Å²) in [4.78, 5) is 4.31. The van der Waals surface area contributed by atoms with Crippen LogP contribution in [0.1, 0.15) is 23.4 Å². The largest absolute Gasteiger partial charge is 0.440 e. The van der Waals surface area contributed by atoms with Crippen LogP contribution in [0.3, 0.4) is 0 Å². The molecule has 0 saturated carbocycles. The monoisotopic (exact) mass is 326 g/mol. The summed E-state index contributed by atoms with van der Waals surface area (Å²) in [5, 5.41) is 0.800. The molecule has 1 heterocycles. The summed E-state index contributed by atoms with van der Waals surface area (Å²) < 4.78 is 6.44. The fraction of sp³-hybridized carbons (Fsp3) is 0.308. The Hall–Kier alpha value is -0.780. The summed E-state index contributed by atoms with van der Waals surface area (Å²) >= 11 is 4.99. The van der Waals surface area contributed by atoms with Crippen LogP contribution >= 0.6 is 27.7 Å². The second-order valence-corrected chi connectivity index (χ2v) is 6.21. The maximum absolute atomic E-state index is 6.06. The molecule has 2 N–H and O–H groups in total. The second-order valence-electron chi connectivity index (χ2n) is 4.20. The van der Waals surface area contributed by atoms with Crippen molar-refractivity contribution in [2.75, 3.05) is 0 Å². The second kappa shape index (κ2) is 5.91. The van der Waals surface area contributed by atoms with Crippen LogP contribution < -0.4 is 5.73 Å². The minimum atomic E-state index is 0.0170. The quantitative estimate of drug-likeness (QED) is 0.865. The fourth-order valence-corrected chi connectivity index (χ4v) is 2.92. The van der Waals surface area contributed by atoms with Crippen LogP contribution in [-0.4, -0.2) is 11.0 Å². The molecule has 0 bridgehead atoms. The normalized spacial score (nSPS) is 14.4. The summed E-state index contributed by atoms with van der Waals surface area (Å²) in [5.41, 5.74) is 8.12. The highest BCUT2D eigenvalue weighted by molar-refractivity contribution is 9.10. The zero-order chi connectivity index (χ0) is 13.1. The number of hydrogen-bond donors (Lipinski definition) is 1. The van der Waals surface area contributed by atoms with E-state index >= 15 is 0 Å². The van der Waals surface area contributed by atoms with Gasteiger partial charge in [0.2, 0.25) is 0 Å². The maximum atomic E-state index is 6.06. The first-order valence-corrected chi connectivity index (χ1v) is 7.33. The van der Waals surface area contributed by atoms with Crippen molar-refractivity contribution in [3.8, 4) is 0 Å². The van der Waals surface area contributed by atoms with Gasteiger partial charge in [0.1, 0.15) is 6.26 Å². The van der Waals surface area contributed by atoms with Crippen LogP contribution in [0.5, 0.6) is 0 Å². The lowest BCUT2D eigenvalue weighted by Gasteiger charge is -2.19. The van der Waals surface area contributed by atoms with E-state index in [-0.39, 0.29) is 11.3 Å². The molecular formula is C13H15BrN2OS. The molecule has 0 aliphatic carbocycles. The summed E-state index contributed by atoms with van der Waals surface area (Å²) in [7, 11) is 0. The Balaban J connectivity index is 2.20. The molecule has 96 valence electrons. The van der Waals surface area contributed by atoms with Crippen molar-refractivity contribution in [1.29, 1.82) is 0 Å². The molecule has 3 nitrogen and oxygen atoms in total. The molecule has 0 spiro atoms. The Morgan fingerprint density at radius 2 is 2.00 bits per heavy atom. The molecule has 0 aliphatic rings. The molecule has 0 fully saturated rings. The molecule has 0 amide bonds. The van der Waals surface area contributed by atoms with E-state index in [0.717, 1.165) is 10.2 Å². The summed E-state index contributed by atoms with van der Waals surface area (Å²) in [6.45, 7) is 3.91. The first-order chi connectivity index (χ1) is 8.56. The average molecular weight is 327 g/mol. The first-order valence-electron chi connectivity index (χ1n) is 5.66. The van der Waals surface area contributed by atoms with Crippen LogP contribution in [0.25, 0.3) is 0 Å².